The summed E-state index contributed by atoms with van der Waals surface area (Å²) in [7, 11) is 0. The van der Waals surface area contributed by atoms with Gasteiger partial charge in [0.25, 0.3) is 0 Å². The SMILES string of the molecule is CCCC(C)(N)C(=O)NCC(Cc1ccccc1)C(=O)OCC.Cl. The van der Waals surface area contributed by atoms with Gasteiger partial charge in [0.2, 0.25) is 5.91 Å². The first-order valence-corrected chi connectivity index (χ1v) is 8.18. The number of esters is 1. The zero-order chi connectivity index (χ0) is 17.3. The lowest BCUT2D eigenvalue weighted by Crippen LogP contribution is -2.53. The second kappa shape index (κ2) is 11.0. The molecule has 1 amide bonds. The van der Waals surface area contributed by atoms with E-state index in [1.54, 1.807) is 13.8 Å². The molecule has 2 atom stereocenters. The van der Waals surface area contributed by atoms with Crippen molar-refractivity contribution < 1.29 is 14.3 Å². The molecule has 0 saturated carbocycles. The van der Waals surface area contributed by atoms with Crippen LogP contribution in [0.15, 0.2) is 30.3 Å². The maximum absolute atomic E-state index is 12.2. The van der Waals surface area contributed by atoms with Gasteiger partial charge in [0, 0.05) is 6.54 Å². The molecule has 0 aliphatic carbocycles. The summed E-state index contributed by atoms with van der Waals surface area (Å²) in [6.07, 6.45) is 1.95. The Kier molecular flexibility index (Phi) is 10.3. The lowest BCUT2D eigenvalue weighted by Gasteiger charge is -2.24. The number of hydrogen-bond acceptors (Lipinski definition) is 4. The minimum atomic E-state index is -0.916. The summed E-state index contributed by atoms with van der Waals surface area (Å²) in [6, 6.07) is 9.69. The van der Waals surface area contributed by atoms with Crippen LogP contribution in [0.5, 0.6) is 0 Å². The van der Waals surface area contributed by atoms with E-state index in [1.165, 1.54) is 0 Å². The Balaban J connectivity index is 0.00000529. The normalized spacial score (nSPS) is 14.0. The van der Waals surface area contributed by atoms with Crippen molar-refractivity contribution in [2.45, 2.75) is 45.6 Å². The third kappa shape index (κ3) is 7.32. The third-order valence-electron chi connectivity index (χ3n) is 3.74. The van der Waals surface area contributed by atoms with Crippen LogP contribution < -0.4 is 11.1 Å². The van der Waals surface area contributed by atoms with Gasteiger partial charge in [-0.05, 0) is 32.3 Å². The molecule has 2 unspecified atom stereocenters. The molecule has 24 heavy (non-hydrogen) atoms. The molecule has 0 fully saturated rings. The van der Waals surface area contributed by atoms with E-state index >= 15 is 0 Å². The lowest BCUT2D eigenvalue weighted by molar-refractivity contribution is -0.148. The monoisotopic (exact) mass is 356 g/mol. The van der Waals surface area contributed by atoms with Crippen molar-refractivity contribution in [1.82, 2.24) is 5.32 Å². The fraction of sp³-hybridized carbons (Fsp3) is 0.556. The molecule has 6 heteroatoms. The number of nitrogens with two attached hydrogens (primary N) is 1. The maximum Gasteiger partial charge on any atom is 0.311 e. The van der Waals surface area contributed by atoms with Gasteiger partial charge in [0.15, 0.2) is 0 Å². The van der Waals surface area contributed by atoms with Crippen LogP contribution in [0.4, 0.5) is 0 Å². The highest BCUT2D eigenvalue weighted by molar-refractivity contribution is 5.86. The molecule has 0 saturated heterocycles. The molecule has 3 N–H and O–H groups in total. The minimum Gasteiger partial charge on any atom is -0.466 e. The van der Waals surface area contributed by atoms with Crippen LogP contribution in [0, 0.1) is 5.92 Å². The molecule has 0 bridgehead atoms. The lowest BCUT2D eigenvalue weighted by atomic mass is 9.95. The minimum absolute atomic E-state index is 0. The van der Waals surface area contributed by atoms with Crippen LogP contribution in [0.25, 0.3) is 0 Å². The van der Waals surface area contributed by atoms with Crippen molar-refractivity contribution in [2.24, 2.45) is 11.7 Å². The van der Waals surface area contributed by atoms with E-state index in [0.29, 0.717) is 19.4 Å². The quantitative estimate of drug-likeness (QED) is 0.666. The van der Waals surface area contributed by atoms with Crippen LogP contribution in [0.1, 0.15) is 39.2 Å². The number of ether oxygens (including phenoxy) is 1. The molecular formula is C18H29ClN2O3. The Hall–Kier alpha value is -1.59. The van der Waals surface area contributed by atoms with E-state index in [4.69, 9.17) is 10.5 Å². The van der Waals surface area contributed by atoms with E-state index in [1.807, 2.05) is 37.3 Å². The number of carbonyl (C=O) groups excluding carboxylic acids is 2. The molecule has 5 nitrogen and oxygen atoms in total. The zero-order valence-corrected chi connectivity index (χ0v) is 15.5. The summed E-state index contributed by atoms with van der Waals surface area (Å²) in [4.78, 5) is 24.3. The second-order valence-corrected chi connectivity index (χ2v) is 6.02. The Labute approximate surface area is 150 Å². The molecule has 1 rings (SSSR count). The van der Waals surface area contributed by atoms with Crippen molar-refractivity contribution in [2.75, 3.05) is 13.2 Å². The maximum atomic E-state index is 12.2. The zero-order valence-electron chi connectivity index (χ0n) is 14.7. The number of hydrogen-bond donors (Lipinski definition) is 2. The third-order valence-corrected chi connectivity index (χ3v) is 3.74. The fourth-order valence-electron chi connectivity index (χ4n) is 2.45. The van der Waals surface area contributed by atoms with E-state index < -0.39 is 11.5 Å². The van der Waals surface area contributed by atoms with Crippen molar-refractivity contribution >= 4 is 24.3 Å². The number of amides is 1. The van der Waals surface area contributed by atoms with Gasteiger partial charge in [0.1, 0.15) is 0 Å². The first-order valence-electron chi connectivity index (χ1n) is 8.18. The molecule has 0 aromatic heterocycles. The molecule has 1 aromatic carbocycles. The Morgan fingerprint density at radius 1 is 1.25 bits per heavy atom. The van der Waals surface area contributed by atoms with Gasteiger partial charge in [-0.1, -0.05) is 43.7 Å². The van der Waals surface area contributed by atoms with Crippen LogP contribution >= 0.6 is 12.4 Å². The largest absolute Gasteiger partial charge is 0.466 e. The first kappa shape index (κ1) is 22.4. The van der Waals surface area contributed by atoms with Gasteiger partial charge in [0.05, 0.1) is 18.1 Å². The van der Waals surface area contributed by atoms with Crippen LogP contribution in [-0.4, -0.2) is 30.6 Å². The summed E-state index contributed by atoms with van der Waals surface area (Å²) in [5, 5.41) is 2.80. The molecule has 0 spiro atoms. The van der Waals surface area contributed by atoms with Gasteiger partial charge in [-0.25, -0.2) is 0 Å². The van der Waals surface area contributed by atoms with Gasteiger partial charge >= 0.3 is 5.97 Å². The Morgan fingerprint density at radius 3 is 2.42 bits per heavy atom. The second-order valence-electron chi connectivity index (χ2n) is 6.02. The number of halogens is 1. The highest BCUT2D eigenvalue weighted by Crippen LogP contribution is 2.12. The van der Waals surface area contributed by atoms with E-state index in [9.17, 15) is 9.59 Å². The van der Waals surface area contributed by atoms with Crippen molar-refractivity contribution in [3.8, 4) is 0 Å². The number of rotatable bonds is 9. The van der Waals surface area contributed by atoms with Crippen molar-refractivity contribution in [3.63, 3.8) is 0 Å². The summed E-state index contributed by atoms with van der Waals surface area (Å²) in [5.41, 5.74) is 6.13. The highest BCUT2D eigenvalue weighted by Gasteiger charge is 2.29. The van der Waals surface area contributed by atoms with Crippen LogP contribution in [-0.2, 0) is 20.7 Å². The van der Waals surface area contributed by atoms with E-state index in [-0.39, 0.29) is 30.8 Å². The average Bonchev–Trinajstić information content (AvgIpc) is 2.52. The highest BCUT2D eigenvalue weighted by atomic mass is 35.5. The summed E-state index contributed by atoms with van der Waals surface area (Å²) in [5.74, 6) is -0.952. The Morgan fingerprint density at radius 2 is 1.88 bits per heavy atom. The molecule has 136 valence electrons. The van der Waals surface area contributed by atoms with E-state index in [0.717, 1.165) is 12.0 Å². The standard InChI is InChI=1S/C18H28N2O3.ClH/c1-4-11-18(3,19)17(22)20-13-15(16(21)23-5-2)12-14-9-7-6-8-10-14;/h6-10,15H,4-5,11-13,19H2,1-3H3,(H,20,22);1H. The summed E-state index contributed by atoms with van der Waals surface area (Å²) in [6.45, 7) is 6.01. The number of nitrogens with one attached hydrogen (secondary N) is 1. The molecule has 1 aromatic rings. The predicted octanol–water partition coefficient (Wildman–Crippen LogP) is 2.46. The van der Waals surface area contributed by atoms with E-state index in [2.05, 4.69) is 5.32 Å². The van der Waals surface area contributed by atoms with Gasteiger partial charge in [-0.2, -0.15) is 0 Å². The van der Waals surface area contributed by atoms with Gasteiger partial charge < -0.3 is 15.8 Å². The molecule has 0 heterocycles. The fourth-order valence-corrected chi connectivity index (χ4v) is 2.45. The topological polar surface area (TPSA) is 81.4 Å². The van der Waals surface area contributed by atoms with Crippen LogP contribution in [0.3, 0.4) is 0 Å². The molecule has 0 aliphatic rings. The first-order chi connectivity index (χ1) is 10.9. The van der Waals surface area contributed by atoms with Crippen LogP contribution in [0.2, 0.25) is 0 Å². The predicted molar refractivity (Wildman–Crippen MR) is 98.0 cm³/mol. The number of carbonyl (C=O) groups is 2. The molecule has 0 aliphatic heterocycles. The summed E-state index contributed by atoms with van der Waals surface area (Å²) >= 11 is 0. The van der Waals surface area contributed by atoms with Gasteiger partial charge in [-0.15, -0.1) is 12.4 Å². The molecular weight excluding hydrogens is 328 g/mol. The smallest absolute Gasteiger partial charge is 0.311 e. The Bertz CT molecular complexity index is 506. The van der Waals surface area contributed by atoms with Crippen molar-refractivity contribution in [1.29, 1.82) is 0 Å². The van der Waals surface area contributed by atoms with Gasteiger partial charge in [-0.3, -0.25) is 9.59 Å². The molecule has 0 radical (unpaired) electrons. The average molecular weight is 357 g/mol. The summed E-state index contributed by atoms with van der Waals surface area (Å²) < 4.78 is 5.12. The van der Waals surface area contributed by atoms with Crippen molar-refractivity contribution in [3.05, 3.63) is 35.9 Å². The number of benzene rings is 1.